The van der Waals surface area contributed by atoms with E-state index in [2.05, 4.69) is 15.0 Å². The summed E-state index contributed by atoms with van der Waals surface area (Å²) in [5.41, 5.74) is 1.33. The second-order valence-electron chi connectivity index (χ2n) is 4.03. The molecule has 1 heterocycles. The molecular weight excluding hydrogens is 290 g/mol. The average Bonchev–Trinajstić information content (AvgIpc) is 2.93. The van der Waals surface area contributed by atoms with Crippen molar-refractivity contribution in [1.82, 2.24) is 4.98 Å². The maximum absolute atomic E-state index is 12.0. The van der Waals surface area contributed by atoms with Crippen molar-refractivity contribution in [2.24, 2.45) is 5.16 Å². The predicted octanol–water partition coefficient (Wildman–Crippen LogP) is 2.82. The van der Waals surface area contributed by atoms with Crippen LogP contribution in [0.3, 0.4) is 0 Å². The molecule has 110 valence electrons. The van der Waals surface area contributed by atoms with Crippen LogP contribution in [0.1, 0.15) is 12.6 Å². The Balaban J connectivity index is 2.36. The number of hydrogen-bond donors (Lipinski definition) is 0. The standard InChI is InChI=1S/C14H15N3O3S/c1-10(18)17(12-5-4-6-13(7-12)19-2)14-16-11(9-21-14)8-15-20-3/h4-9H,1-3H3/b15-8-. The maximum atomic E-state index is 12.0. The quantitative estimate of drug-likeness (QED) is 0.629. The third kappa shape index (κ3) is 3.57. The highest BCUT2D eigenvalue weighted by Crippen LogP contribution is 2.30. The van der Waals surface area contributed by atoms with Gasteiger partial charge in [0.1, 0.15) is 12.9 Å². The first-order valence-electron chi connectivity index (χ1n) is 6.12. The zero-order valence-corrected chi connectivity index (χ0v) is 12.8. The van der Waals surface area contributed by atoms with Gasteiger partial charge in [0, 0.05) is 18.4 Å². The summed E-state index contributed by atoms with van der Waals surface area (Å²) in [6.07, 6.45) is 1.49. The van der Waals surface area contributed by atoms with Crippen molar-refractivity contribution in [3.05, 3.63) is 35.3 Å². The third-order valence-electron chi connectivity index (χ3n) is 2.62. The van der Waals surface area contributed by atoms with Crippen molar-refractivity contribution in [3.63, 3.8) is 0 Å². The lowest BCUT2D eigenvalue weighted by Crippen LogP contribution is -2.22. The molecule has 1 amide bonds. The van der Waals surface area contributed by atoms with Gasteiger partial charge in [0.05, 0.1) is 24.7 Å². The van der Waals surface area contributed by atoms with Crippen molar-refractivity contribution in [2.75, 3.05) is 19.1 Å². The first-order chi connectivity index (χ1) is 10.2. The Morgan fingerprint density at radius 3 is 2.90 bits per heavy atom. The van der Waals surface area contributed by atoms with E-state index in [1.54, 1.807) is 18.6 Å². The Labute approximate surface area is 126 Å². The normalized spacial score (nSPS) is 10.6. The van der Waals surface area contributed by atoms with E-state index in [9.17, 15) is 4.79 Å². The maximum Gasteiger partial charge on any atom is 0.230 e. The highest BCUT2D eigenvalue weighted by atomic mass is 32.1. The molecule has 1 aromatic heterocycles. The predicted molar refractivity (Wildman–Crippen MR) is 82.5 cm³/mol. The van der Waals surface area contributed by atoms with Gasteiger partial charge in [-0.25, -0.2) is 4.98 Å². The van der Waals surface area contributed by atoms with Crippen molar-refractivity contribution in [2.45, 2.75) is 6.92 Å². The molecule has 7 heteroatoms. The molecule has 1 aromatic carbocycles. The van der Waals surface area contributed by atoms with Crippen molar-refractivity contribution in [1.29, 1.82) is 0 Å². The van der Waals surface area contributed by atoms with Crippen LogP contribution in [0.5, 0.6) is 5.75 Å². The van der Waals surface area contributed by atoms with Gasteiger partial charge in [0.2, 0.25) is 5.91 Å². The molecule has 0 radical (unpaired) electrons. The first-order valence-corrected chi connectivity index (χ1v) is 7.00. The Hall–Kier alpha value is -2.41. The lowest BCUT2D eigenvalue weighted by molar-refractivity contribution is -0.115. The Bertz CT molecular complexity index is 654. The molecule has 21 heavy (non-hydrogen) atoms. The summed E-state index contributed by atoms with van der Waals surface area (Å²) in [6, 6.07) is 7.26. The molecular formula is C14H15N3O3S. The van der Waals surface area contributed by atoms with Crippen LogP contribution in [0, 0.1) is 0 Å². The summed E-state index contributed by atoms with van der Waals surface area (Å²) in [4.78, 5) is 22.5. The van der Waals surface area contributed by atoms with Crippen LogP contribution in [-0.4, -0.2) is 31.3 Å². The number of benzene rings is 1. The summed E-state index contributed by atoms with van der Waals surface area (Å²) in [6.45, 7) is 1.49. The minimum absolute atomic E-state index is 0.132. The van der Waals surface area contributed by atoms with E-state index in [1.807, 2.05) is 18.2 Å². The first kappa shape index (κ1) is 15.0. The van der Waals surface area contributed by atoms with Gasteiger partial charge in [0.15, 0.2) is 5.13 Å². The van der Waals surface area contributed by atoms with Gasteiger partial charge in [-0.05, 0) is 12.1 Å². The second-order valence-corrected chi connectivity index (χ2v) is 4.86. The molecule has 0 atom stereocenters. The van der Waals surface area contributed by atoms with Crippen LogP contribution in [0.4, 0.5) is 10.8 Å². The van der Waals surface area contributed by atoms with Gasteiger partial charge in [-0.1, -0.05) is 11.2 Å². The van der Waals surface area contributed by atoms with E-state index in [0.717, 1.165) is 0 Å². The average molecular weight is 305 g/mol. The molecule has 2 aromatic rings. The number of oxime groups is 1. The Morgan fingerprint density at radius 2 is 2.24 bits per heavy atom. The third-order valence-corrected chi connectivity index (χ3v) is 3.46. The van der Waals surface area contributed by atoms with Gasteiger partial charge >= 0.3 is 0 Å². The van der Waals surface area contributed by atoms with Gasteiger partial charge in [0.25, 0.3) is 0 Å². The molecule has 0 aliphatic carbocycles. The lowest BCUT2D eigenvalue weighted by atomic mass is 10.3. The fraction of sp³-hybridized carbons (Fsp3) is 0.214. The van der Waals surface area contributed by atoms with Crippen LogP contribution >= 0.6 is 11.3 Å². The zero-order chi connectivity index (χ0) is 15.2. The van der Waals surface area contributed by atoms with Gasteiger partial charge in [-0.15, -0.1) is 11.3 Å². The van der Waals surface area contributed by atoms with E-state index < -0.39 is 0 Å². The molecule has 0 saturated heterocycles. The zero-order valence-electron chi connectivity index (χ0n) is 11.9. The Kier molecular flexibility index (Phi) is 4.89. The van der Waals surface area contributed by atoms with Crippen molar-refractivity contribution in [3.8, 4) is 5.75 Å². The van der Waals surface area contributed by atoms with Crippen LogP contribution in [0.15, 0.2) is 34.8 Å². The fourth-order valence-corrected chi connectivity index (χ4v) is 2.56. The number of ether oxygens (including phenoxy) is 1. The number of carbonyl (C=O) groups is 1. The van der Waals surface area contributed by atoms with Crippen LogP contribution in [0.2, 0.25) is 0 Å². The van der Waals surface area contributed by atoms with Crippen LogP contribution < -0.4 is 9.64 Å². The number of methoxy groups -OCH3 is 1. The van der Waals surface area contributed by atoms with E-state index in [1.165, 1.54) is 36.5 Å². The Morgan fingerprint density at radius 1 is 1.43 bits per heavy atom. The molecule has 0 aliphatic heterocycles. The van der Waals surface area contributed by atoms with Crippen molar-refractivity contribution < 1.29 is 14.4 Å². The number of anilines is 2. The number of rotatable bonds is 5. The van der Waals surface area contributed by atoms with Crippen LogP contribution in [-0.2, 0) is 9.63 Å². The molecule has 0 unspecified atom stereocenters. The molecule has 0 bridgehead atoms. The summed E-state index contributed by atoms with van der Waals surface area (Å²) in [5.74, 6) is 0.546. The smallest absolute Gasteiger partial charge is 0.230 e. The largest absolute Gasteiger partial charge is 0.497 e. The molecule has 0 saturated carbocycles. The monoisotopic (exact) mass is 305 g/mol. The topological polar surface area (TPSA) is 64.0 Å². The molecule has 0 N–H and O–H groups in total. The number of nitrogens with zero attached hydrogens (tertiary/aromatic N) is 3. The number of hydrogen-bond acceptors (Lipinski definition) is 6. The molecule has 0 fully saturated rings. The highest BCUT2D eigenvalue weighted by molar-refractivity contribution is 7.14. The van der Waals surface area contributed by atoms with Crippen LogP contribution in [0.25, 0.3) is 0 Å². The SMILES string of the molecule is CO/N=C\c1csc(N(C(C)=O)c2cccc(OC)c2)n1. The lowest BCUT2D eigenvalue weighted by Gasteiger charge is -2.18. The molecule has 0 spiro atoms. The molecule has 2 rings (SSSR count). The number of aromatic nitrogens is 1. The summed E-state index contributed by atoms with van der Waals surface area (Å²) in [5, 5.41) is 6.02. The van der Waals surface area contributed by atoms with E-state index in [0.29, 0.717) is 22.3 Å². The highest BCUT2D eigenvalue weighted by Gasteiger charge is 2.18. The van der Waals surface area contributed by atoms with E-state index in [-0.39, 0.29) is 5.91 Å². The van der Waals surface area contributed by atoms with Gasteiger partial charge in [-0.3, -0.25) is 9.69 Å². The second kappa shape index (κ2) is 6.85. The number of carbonyl (C=O) groups excluding carboxylic acids is 1. The van der Waals surface area contributed by atoms with Gasteiger partial charge < -0.3 is 9.57 Å². The number of amides is 1. The summed E-state index contributed by atoms with van der Waals surface area (Å²) in [7, 11) is 3.04. The fourth-order valence-electron chi connectivity index (χ4n) is 1.72. The van der Waals surface area contributed by atoms with Crippen molar-refractivity contribution >= 4 is 34.3 Å². The molecule has 6 nitrogen and oxygen atoms in total. The minimum Gasteiger partial charge on any atom is -0.497 e. The summed E-state index contributed by atoms with van der Waals surface area (Å²) >= 11 is 1.35. The minimum atomic E-state index is -0.132. The number of thiazole rings is 1. The van der Waals surface area contributed by atoms with E-state index >= 15 is 0 Å². The van der Waals surface area contributed by atoms with Gasteiger partial charge in [-0.2, -0.15) is 0 Å². The molecule has 0 aliphatic rings. The summed E-state index contributed by atoms with van der Waals surface area (Å²) < 4.78 is 5.19. The van der Waals surface area contributed by atoms with E-state index in [4.69, 9.17) is 4.74 Å².